The Morgan fingerprint density at radius 2 is 1.20 bits per heavy atom. The van der Waals surface area contributed by atoms with Crippen molar-refractivity contribution in [2.75, 3.05) is 36.0 Å². The summed E-state index contributed by atoms with van der Waals surface area (Å²) in [6, 6.07) is 28.2. The number of carboxylic acids is 1. The van der Waals surface area contributed by atoms with E-state index < -0.39 is 11.4 Å². The van der Waals surface area contributed by atoms with Gasteiger partial charge in [0.1, 0.15) is 6.54 Å². The van der Waals surface area contributed by atoms with E-state index in [2.05, 4.69) is 135 Å². The van der Waals surface area contributed by atoms with Crippen molar-refractivity contribution in [1.29, 1.82) is 0 Å². The van der Waals surface area contributed by atoms with Gasteiger partial charge in [0, 0.05) is 138 Å². The lowest BCUT2D eigenvalue weighted by molar-refractivity contribution is -0.438. The van der Waals surface area contributed by atoms with Crippen LogP contribution in [0.25, 0.3) is 53.9 Å². The molecule has 7 aliphatic rings. The van der Waals surface area contributed by atoms with Gasteiger partial charge in [-0.15, -0.1) is 0 Å². The second-order valence-corrected chi connectivity index (χ2v) is 27.5. The van der Waals surface area contributed by atoms with Crippen LogP contribution in [0.1, 0.15) is 218 Å². The smallest absolute Gasteiger partial charge is 0.335 e. The summed E-state index contributed by atoms with van der Waals surface area (Å²) in [7, 11) is 0. The molecule has 1 N–H and O–H groups in total. The van der Waals surface area contributed by atoms with Crippen molar-refractivity contribution in [2.45, 2.75) is 167 Å². The van der Waals surface area contributed by atoms with Crippen molar-refractivity contribution in [3.05, 3.63) is 159 Å². The van der Waals surface area contributed by atoms with Crippen LogP contribution in [0.2, 0.25) is 0 Å². The summed E-state index contributed by atoms with van der Waals surface area (Å²) in [5.74, 6) is 5.42. The summed E-state index contributed by atoms with van der Waals surface area (Å²) < 4.78 is 2.51. The molecular weight excluding hydrogens is 1100 g/mol. The highest BCUT2D eigenvalue weighted by atomic mass is 16.4. The first-order chi connectivity index (χ1) is 43.1. The summed E-state index contributed by atoms with van der Waals surface area (Å²) >= 11 is 0. The summed E-state index contributed by atoms with van der Waals surface area (Å²) in [5, 5.41) is 18.7. The van der Waals surface area contributed by atoms with Crippen LogP contribution < -0.4 is 9.80 Å². The molecule has 5 aliphatic heterocycles. The Bertz CT molecular complexity index is 4590. The van der Waals surface area contributed by atoms with Crippen LogP contribution in [-0.2, 0) is 10.8 Å². The fraction of sp³-hybridized carbons (Fsp3) is 0.385. The number of unbranched alkanes of at least 4 members (excludes halogenated alkanes) is 2. The fourth-order valence-electron chi connectivity index (χ4n) is 17.1. The SMILES string of the molecule is CCCCN1C(=CC=CC2=[N+](CCCC)c3ccc4cc(C#Cc5cc6c7c(ccc8c9c(N%10CCCC%10)cc%10c%11c(ccc(c5c78)c%119)C(=O)N(C5CCCCC5)C%10=O)C(=O)N(C5CCCCC5)C6=O)ccc4c3C2(C)C)C(C)(C)c2cc(C(=O)O)ccc21. The van der Waals surface area contributed by atoms with E-state index in [1.54, 1.807) is 15.9 Å². The van der Waals surface area contributed by atoms with Gasteiger partial charge in [-0.1, -0.05) is 115 Å². The highest BCUT2D eigenvalue weighted by Gasteiger charge is 2.47. The molecule has 0 radical (unpaired) electrons. The highest BCUT2D eigenvalue weighted by molar-refractivity contribution is 6.43. The fourth-order valence-corrected chi connectivity index (χ4v) is 17.1. The maximum absolute atomic E-state index is 15.3. The third kappa shape index (κ3) is 8.65. The average molecular weight is 1180 g/mol. The van der Waals surface area contributed by atoms with Gasteiger partial charge in [-0.3, -0.25) is 29.0 Å². The van der Waals surface area contributed by atoms with Crippen molar-refractivity contribution in [3.8, 4) is 11.8 Å². The van der Waals surface area contributed by atoms with E-state index in [1.165, 1.54) is 17.0 Å². The van der Waals surface area contributed by atoms with Crippen LogP contribution >= 0.6 is 0 Å². The topological polar surface area (TPSA) is 122 Å². The quantitative estimate of drug-likeness (QED) is 0.0422. The van der Waals surface area contributed by atoms with Gasteiger partial charge in [-0.25, -0.2) is 4.79 Å². The average Bonchev–Trinajstić information content (AvgIpc) is 1.48. The summed E-state index contributed by atoms with van der Waals surface area (Å²) in [6.45, 7) is 16.9. The van der Waals surface area contributed by atoms with Gasteiger partial charge < -0.3 is 14.9 Å². The summed E-state index contributed by atoms with van der Waals surface area (Å²) in [5.41, 5.74) is 11.0. The number of carboxylic acid groups (broad SMARTS) is 1. The monoisotopic (exact) mass is 1180 g/mol. The second kappa shape index (κ2) is 21.6. The minimum Gasteiger partial charge on any atom is -0.478 e. The Morgan fingerprint density at radius 3 is 1.84 bits per heavy atom. The molecule has 450 valence electrons. The van der Waals surface area contributed by atoms with Gasteiger partial charge in [-0.2, -0.15) is 4.58 Å². The Kier molecular flexibility index (Phi) is 13.8. The van der Waals surface area contributed by atoms with Crippen LogP contribution in [-0.4, -0.2) is 93.1 Å². The molecule has 0 spiro atoms. The number of allylic oxidation sites excluding steroid dienone is 4. The third-order valence-corrected chi connectivity index (χ3v) is 21.5. The first-order valence-electron chi connectivity index (χ1n) is 33.2. The molecule has 1 saturated heterocycles. The van der Waals surface area contributed by atoms with Crippen molar-refractivity contribution in [2.24, 2.45) is 0 Å². The number of nitrogens with zero attached hydrogens (tertiary/aromatic N) is 5. The molecule has 2 aliphatic carbocycles. The Hall–Kier alpha value is -8.62. The van der Waals surface area contributed by atoms with E-state index in [1.807, 2.05) is 30.3 Å². The Labute approximate surface area is 521 Å². The molecule has 8 aromatic carbocycles. The number of amides is 4. The van der Waals surface area contributed by atoms with E-state index in [0.717, 1.165) is 200 Å². The van der Waals surface area contributed by atoms with Crippen LogP contribution in [0.3, 0.4) is 0 Å². The predicted octanol–water partition coefficient (Wildman–Crippen LogP) is 16.7. The zero-order valence-electron chi connectivity index (χ0n) is 52.3. The molecule has 15 rings (SSSR count). The molecule has 89 heavy (non-hydrogen) atoms. The number of carbonyl (C=O) groups is 5. The number of fused-ring (bicyclic) bond motifs is 6. The molecule has 8 aromatic rings. The Morgan fingerprint density at radius 1 is 0.596 bits per heavy atom. The minimum atomic E-state index is -0.919. The van der Waals surface area contributed by atoms with Crippen LogP contribution in [0.4, 0.5) is 17.1 Å². The van der Waals surface area contributed by atoms with Gasteiger partial charge >= 0.3 is 5.97 Å². The molecule has 11 nitrogen and oxygen atoms in total. The molecule has 0 unspecified atom stereocenters. The highest BCUT2D eigenvalue weighted by Crippen LogP contribution is 2.53. The molecule has 4 amide bonds. The van der Waals surface area contributed by atoms with Crippen molar-refractivity contribution in [3.63, 3.8) is 0 Å². The zero-order chi connectivity index (χ0) is 61.4. The maximum atomic E-state index is 15.3. The van der Waals surface area contributed by atoms with Crippen LogP contribution in [0.15, 0.2) is 109 Å². The lowest BCUT2D eigenvalue weighted by atomic mass is 9.78. The number of rotatable bonds is 12. The number of carbonyl (C=O) groups excluding carboxylic acids is 4. The Balaban J connectivity index is 0.876. The lowest BCUT2D eigenvalue weighted by Crippen LogP contribution is -2.48. The first-order valence-corrected chi connectivity index (χ1v) is 33.2. The predicted molar refractivity (Wildman–Crippen MR) is 357 cm³/mol. The lowest BCUT2D eigenvalue weighted by Gasteiger charge is -2.37. The first kappa shape index (κ1) is 56.9. The number of benzene rings is 8. The van der Waals surface area contributed by atoms with Crippen LogP contribution in [0, 0.1) is 11.8 Å². The normalized spacial score (nSPS) is 19.7. The summed E-state index contributed by atoms with van der Waals surface area (Å²) in [4.78, 5) is 80.5. The standard InChI is InChI=1S/C78H77N5O6/c1-7-9-40-80-60-36-30-49(76(88)89)44-59(60)77(3,4)63(80)24-19-25-64-78(5,6)71-52-31-27-46(42-47(52)29-37-61(71)81(64)41-10-8-2)26-28-48-43-57-66-55(72(84)82(74(57)86)50-20-13-11-14-21-50)35-33-54-68-62(79-38-17-18-39-79)45-58-67-56(34-32-53(70(67)68)65(48)69(54)66)73(85)83(75(58)87)51-22-15-12-16-23-51/h19,24-25,27,29-37,42-45,50-51H,7-18,20-23,38-41H2,1-6H3/p+1. The molecule has 5 heterocycles. The number of imide groups is 2. The second-order valence-electron chi connectivity index (χ2n) is 27.5. The molecular formula is C78H78N5O6+. The van der Waals surface area contributed by atoms with Crippen LogP contribution in [0.5, 0.6) is 0 Å². The van der Waals surface area contributed by atoms with Crippen molar-refractivity contribution < 1.29 is 33.7 Å². The van der Waals surface area contributed by atoms with E-state index >= 15 is 14.4 Å². The van der Waals surface area contributed by atoms with E-state index in [4.69, 9.17) is 0 Å². The molecule has 11 heteroatoms. The summed E-state index contributed by atoms with van der Waals surface area (Å²) in [6.07, 6.45) is 22.2. The number of hydrogen-bond acceptors (Lipinski definition) is 7. The van der Waals surface area contributed by atoms with Gasteiger partial charge in [0.2, 0.25) is 5.69 Å². The van der Waals surface area contributed by atoms with Gasteiger partial charge in [-0.05, 0) is 153 Å². The van der Waals surface area contributed by atoms with E-state index in [-0.39, 0.29) is 41.1 Å². The van der Waals surface area contributed by atoms with E-state index in [9.17, 15) is 14.7 Å². The number of aromatic carboxylic acids is 1. The largest absolute Gasteiger partial charge is 0.478 e. The maximum Gasteiger partial charge on any atom is 0.335 e. The number of anilines is 2. The molecule has 0 atom stereocenters. The molecule has 0 bridgehead atoms. The van der Waals surface area contributed by atoms with E-state index in [0.29, 0.717) is 44.2 Å². The minimum absolute atomic E-state index is 0.141. The van der Waals surface area contributed by atoms with Crippen molar-refractivity contribution in [1.82, 2.24) is 9.80 Å². The number of hydrogen-bond donors (Lipinski definition) is 1. The third-order valence-electron chi connectivity index (χ3n) is 21.5. The molecule has 2 saturated carbocycles. The van der Waals surface area contributed by atoms with Gasteiger partial charge in [0.05, 0.1) is 16.5 Å². The molecule has 3 fully saturated rings. The zero-order valence-corrected chi connectivity index (χ0v) is 52.3. The van der Waals surface area contributed by atoms with Gasteiger partial charge in [0.15, 0.2) is 5.71 Å². The molecule has 0 aromatic heterocycles. The van der Waals surface area contributed by atoms with Gasteiger partial charge in [0.25, 0.3) is 23.6 Å². The van der Waals surface area contributed by atoms with Crippen molar-refractivity contribution >= 4 is 106 Å².